The highest BCUT2D eigenvalue weighted by atomic mass is 32.1. The fourth-order valence-corrected chi connectivity index (χ4v) is 3.67. The smallest absolute Gasteiger partial charge is 0.256 e. The highest BCUT2D eigenvalue weighted by molar-refractivity contribution is 7.04. The van der Waals surface area contributed by atoms with E-state index in [0.717, 1.165) is 31.5 Å². The fourth-order valence-electron chi connectivity index (χ4n) is 3.07. The van der Waals surface area contributed by atoms with Crippen molar-refractivity contribution >= 4 is 23.3 Å². The summed E-state index contributed by atoms with van der Waals surface area (Å²) in [6, 6.07) is 6.55. The van der Waals surface area contributed by atoms with E-state index in [9.17, 15) is 9.18 Å². The number of aromatic nitrogens is 1. The van der Waals surface area contributed by atoms with Crippen molar-refractivity contribution in [3.8, 4) is 0 Å². The van der Waals surface area contributed by atoms with Gasteiger partial charge in [-0.1, -0.05) is 18.6 Å². The van der Waals surface area contributed by atoms with Crippen LogP contribution in [0, 0.1) is 5.82 Å². The van der Waals surface area contributed by atoms with Crippen molar-refractivity contribution in [3.63, 3.8) is 0 Å². The van der Waals surface area contributed by atoms with Crippen molar-refractivity contribution in [1.29, 1.82) is 0 Å². The topological polar surface area (TPSA) is 71.2 Å². The van der Waals surface area contributed by atoms with E-state index in [4.69, 9.17) is 5.73 Å². The van der Waals surface area contributed by atoms with Gasteiger partial charge in [-0.05, 0) is 55.2 Å². The number of piperidine rings is 1. The summed E-state index contributed by atoms with van der Waals surface area (Å²) in [5.41, 5.74) is 7.13. The predicted molar refractivity (Wildman–Crippen MR) is 93.4 cm³/mol. The third kappa shape index (κ3) is 3.91. The molecule has 1 saturated heterocycles. The Hall–Kier alpha value is -1.99. The number of benzene rings is 1. The maximum Gasteiger partial charge on any atom is 0.256 e. The van der Waals surface area contributed by atoms with E-state index in [-0.39, 0.29) is 23.6 Å². The van der Waals surface area contributed by atoms with Gasteiger partial charge in [0.05, 0.1) is 11.6 Å². The molecule has 1 atom stereocenters. The van der Waals surface area contributed by atoms with E-state index >= 15 is 0 Å². The largest absolute Gasteiger partial charge is 0.382 e. The third-order valence-electron chi connectivity index (χ3n) is 4.38. The minimum Gasteiger partial charge on any atom is -0.382 e. The molecule has 1 fully saturated rings. The Morgan fingerprint density at radius 2 is 2.00 bits per heavy atom. The lowest BCUT2D eigenvalue weighted by Crippen LogP contribution is -2.40. The van der Waals surface area contributed by atoms with Crippen LogP contribution < -0.4 is 11.1 Å². The van der Waals surface area contributed by atoms with E-state index in [1.807, 2.05) is 0 Å². The summed E-state index contributed by atoms with van der Waals surface area (Å²) in [7, 11) is 0. The number of amides is 1. The molecule has 2 heterocycles. The Morgan fingerprint density at radius 1 is 1.29 bits per heavy atom. The van der Waals surface area contributed by atoms with Crippen molar-refractivity contribution in [2.75, 3.05) is 25.4 Å². The molecule has 3 N–H and O–H groups in total. The third-order valence-corrected chi connectivity index (χ3v) is 5.03. The first kappa shape index (κ1) is 16.9. The van der Waals surface area contributed by atoms with Gasteiger partial charge in [0.25, 0.3) is 5.91 Å². The monoisotopic (exact) mass is 348 g/mol. The number of hydrogen-bond acceptors (Lipinski definition) is 5. The van der Waals surface area contributed by atoms with Crippen molar-refractivity contribution in [2.45, 2.75) is 25.3 Å². The molecule has 1 amide bonds. The maximum atomic E-state index is 13.2. The van der Waals surface area contributed by atoms with Crippen LogP contribution in [0.25, 0.3) is 0 Å². The van der Waals surface area contributed by atoms with Crippen molar-refractivity contribution < 1.29 is 9.18 Å². The summed E-state index contributed by atoms with van der Waals surface area (Å²) in [5, 5.41) is 4.60. The minimum absolute atomic E-state index is 0.0302. The van der Waals surface area contributed by atoms with Gasteiger partial charge in [-0.2, -0.15) is 4.37 Å². The van der Waals surface area contributed by atoms with E-state index in [2.05, 4.69) is 14.6 Å². The average Bonchev–Trinajstić information content (AvgIpc) is 3.03. The molecule has 0 unspecified atom stereocenters. The maximum absolute atomic E-state index is 13.2. The average molecular weight is 348 g/mol. The minimum atomic E-state index is -0.252. The molecule has 1 aliphatic rings. The van der Waals surface area contributed by atoms with Crippen LogP contribution in [0.5, 0.6) is 0 Å². The van der Waals surface area contributed by atoms with E-state index in [0.29, 0.717) is 12.1 Å². The van der Waals surface area contributed by atoms with Crippen molar-refractivity contribution in [1.82, 2.24) is 14.6 Å². The molecule has 24 heavy (non-hydrogen) atoms. The summed E-state index contributed by atoms with van der Waals surface area (Å²) in [5.74, 6) is -0.212. The normalized spacial score (nSPS) is 16.7. The van der Waals surface area contributed by atoms with E-state index < -0.39 is 0 Å². The molecule has 5 nitrogen and oxygen atoms in total. The number of likely N-dealkylation sites (tertiary alicyclic amines) is 1. The van der Waals surface area contributed by atoms with Crippen LogP contribution in [0.4, 0.5) is 10.2 Å². The quantitative estimate of drug-likeness (QED) is 0.872. The molecule has 2 aromatic rings. The lowest BCUT2D eigenvalue weighted by Gasteiger charge is -2.35. The summed E-state index contributed by atoms with van der Waals surface area (Å²) < 4.78 is 17.2. The van der Waals surface area contributed by atoms with Gasteiger partial charge in [0.2, 0.25) is 0 Å². The van der Waals surface area contributed by atoms with Gasteiger partial charge in [-0.25, -0.2) is 4.39 Å². The molecule has 128 valence electrons. The number of carbonyl (C=O) groups excluding carboxylic acids is 1. The number of halogens is 1. The van der Waals surface area contributed by atoms with Crippen LogP contribution in [-0.2, 0) is 0 Å². The molecule has 1 aromatic carbocycles. The van der Waals surface area contributed by atoms with Crippen LogP contribution in [0.15, 0.2) is 29.6 Å². The first-order valence-corrected chi connectivity index (χ1v) is 8.96. The predicted octanol–water partition coefficient (Wildman–Crippen LogP) is 2.82. The zero-order valence-corrected chi connectivity index (χ0v) is 14.2. The number of nitrogen functional groups attached to an aromatic ring is 1. The number of nitrogens with two attached hydrogens (primary N) is 1. The van der Waals surface area contributed by atoms with Crippen LogP contribution in [0.1, 0.15) is 41.2 Å². The van der Waals surface area contributed by atoms with Crippen molar-refractivity contribution in [3.05, 3.63) is 46.6 Å². The Balaban J connectivity index is 1.73. The zero-order valence-electron chi connectivity index (χ0n) is 13.4. The van der Waals surface area contributed by atoms with Gasteiger partial charge in [-0.15, -0.1) is 0 Å². The van der Waals surface area contributed by atoms with Crippen LogP contribution in [-0.4, -0.2) is 34.8 Å². The van der Waals surface area contributed by atoms with Crippen LogP contribution in [0.3, 0.4) is 0 Å². The molecule has 1 aliphatic heterocycles. The summed E-state index contributed by atoms with van der Waals surface area (Å²) >= 11 is 1.17. The van der Waals surface area contributed by atoms with E-state index in [1.54, 1.807) is 17.5 Å². The number of hydrogen-bond donors (Lipinski definition) is 2. The van der Waals surface area contributed by atoms with Crippen LogP contribution in [0.2, 0.25) is 0 Å². The van der Waals surface area contributed by atoms with Gasteiger partial charge < -0.3 is 11.1 Å². The Morgan fingerprint density at radius 3 is 2.62 bits per heavy atom. The first-order chi connectivity index (χ1) is 11.6. The second-order valence-corrected chi connectivity index (χ2v) is 6.62. The number of nitrogens with zero attached hydrogens (tertiary/aromatic N) is 2. The number of nitrogens with one attached hydrogen (secondary N) is 1. The lowest BCUT2D eigenvalue weighted by atomic mass is 10.0. The molecule has 3 rings (SSSR count). The summed E-state index contributed by atoms with van der Waals surface area (Å²) in [6.45, 7) is 2.43. The van der Waals surface area contributed by atoms with Crippen LogP contribution >= 0.6 is 11.5 Å². The second kappa shape index (κ2) is 7.72. The highest BCUT2D eigenvalue weighted by Gasteiger charge is 2.23. The number of anilines is 1. The molecule has 1 aromatic heterocycles. The van der Waals surface area contributed by atoms with Crippen molar-refractivity contribution in [2.24, 2.45) is 0 Å². The highest BCUT2D eigenvalue weighted by Crippen LogP contribution is 2.24. The molecule has 0 aliphatic carbocycles. The zero-order chi connectivity index (χ0) is 16.9. The Labute approximate surface area is 144 Å². The Bertz CT molecular complexity index is 682. The molecule has 7 heteroatoms. The van der Waals surface area contributed by atoms with Gasteiger partial charge >= 0.3 is 0 Å². The number of carbonyl (C=O) groups is 1. The molecular formula is C17H21FN4OS. The van der Waals surface area contributed by atoms with Gasteiger partial charge in [0.15, 0.2) is 0 Å². The molecule has 0 spiro atoms. The number of rotatable bonds is 5. The van der Waals surface area contributed by atoms with Gasteiger partial charge in [0, 0.05) is 11.9 Å². The summed E-state index contributed by atoms with van der Waals surface area (Å²) in [4.78, 5) is 14.6. The first-order valence-electron chi connectivity index (χ1n) is 8.12. The molecular weight excluding hydrogens is 327 g/mol. The molecule has 0 bridgehead atoms. The van der Waals surface area contributed by atoms with E-state index in [1.165, 1.54) is 30.1 Å². The molecule has 0 saturated carbocycles. The SMILES string of the molecule is Nc1nscc1C(=O)NC[C@H](c1ccc(F)cc1)N1CCCCC1. The lowest BCUT2D eigenvalue weighted by molar-refractivity contribution is 0.0925. The van der Waals surface area contributed by atoms with Gasteiger partial charge in [-0.3, -0.25) is 9.69 Å². The fraction of sp³-hybridized carbons (Fsp3) is 0.412. The van der Waals surface area contributed by atoms with Gasteiger partial charge in [0.1, 0.15) is 11.6 Å². The second-order valence-electron chi connectivity index (χ2n) is 5.99. The standard InChI is InChI=1S/C17H21FN4OS/c18-13-6-4-12(5-7-13)15(22-8-2-1-3-9-22)10-20-17(23)14-11-24-21-16(14)19/h4-7,11,15H,1-3,8-10H2,(H2,19,21)(H,20,23)/t15-/m1/s1. The summed E-state index contributed by atoms with van der Waals surface area (Å²) in [6.07, 6.45) is 3.52. The molecule has 0 radical (unpaired) electrons. The Kier molecular flexibility index (Phi) is 5.42.